The number of hydrogen-bond donors (Lipinski definition) is 0. The molecule has 2 aliphatic rings. The molecule has 2 aliphatic heterocycles. The molecular formula is C19H23F5N2O. The Morgan fingerprint density at radius 1 is 1.07 bits per heavy atom. The smallest absolute Gasteiger partial charge is 0.342 e. The first-order valence-corrected chi connectivity index (χ1v) is 9.19. The standard InChI is InChI=1S/C19H23F5N2O/c20-18(21)7-10-26(11-8-18)17(27)15-2-1-9-25(13-15)12-14-3-5-16(6-4-14)19(22,23)24/h3-6,15H,1-2,7-13H2. The molecule has 1 unspecified atom stereocenters. The van der Waals surface area contributed by atoms with E-state index in [0.29, 0.717) is 13.1 Å². The van der Waals surface area contributed by atoms with Crippen molar-refractivity contribution in [2.45, 2.75) is 44.3 Å². The van der Waals surface area contributed by atoms with E-state index in [1.807, 2.05) is 4.90 Å². The minimum absolute atomic E-state index is 0.0809. The Kier molecular flexibility index (Phi) is 5.74. The van der Waals surface area contributed by atoms with E-state index >= 15 is 0 Å². The maximum Gasteiger partial charge on any atom is 0.416 e. The Balaban J connectivity index is 1.55. The highest BCUT2D eigenvalue weighted by molar-refractivity contribution is 5.79. The van der Waals surface area contributed by atoms with Gasteiger partial charge in [-0.15, -0.1) is 0 Å². The summed E-state index contributed by atoms with van der Waals surface area (Å²) >= 11 is 0. The molecule has 0 radical (unpaired) electrons. The molecule has 150 valence electrons. The summed E-state index contributed by atoms with van der Waals surface area (Å²) in [6, 6.07) is 5.05. The molecule has 1 aromatic rings. The topological polar surface area (TPSA) is 23.6 Å². The van der Waals surface area contributed by atoms with Crippen LogP contribution in [0.4, 0.5) is 22.0 Å². The molecule has 27 heavy (non-hydrogen) atoms. The van der Waals surface area contributed by atoms with E-state index < -0.39 is 17.7 Å². The molecular weight excluding hydrogens is 367 g/mol. The van der Waals surface area contributed by atoms with Crippen LogP contribution in [0.1, 0.15) is 36.8 Å². The molecule has 3 rings (SSSR count). The summed E-state index contributed by atoms with van der Waals surface area (Å²) in [6.45, 7) is 1.91. The minimum atomic E-state index is -4.35. The van der Waals surface area contributed by atoms with Crippen LogP contribution in [0.2, 0.25) is 0 Å². The Morgan fingerprint density at radius 2 is 1.70 bits per heavy atom. The lowest BCUT2D eigenvalue weighted by atomic mass is 9.94. The first kappa shape index (κ1) is 20.0. The lowest BCUT2D eigenvalue weighted by Crippen LogP contribution is -2.48. The van der Waals surface area contributed by atoms with E-state index in [1.165, 1.54) is 17.0 Å². The van der Waals surface area contributed by atoms with Gasteiger partial charge in [-0.2, -0.15) is 13.2 Å². The van der Waals surface area contributed by atoms with Crippen LogP contribution in [0.5, 0.6) is 0 Å². The summed E-state index contributed by atoms with van der Waals surface area (Å²) in [5.41, 5.74) is 0.0774. The van der Waals surface area contributed by atoms with Crippen LogP contribution in [-0.2, 0) is 17.5 Å². The van der Waals surface area contributed by atoms with Crippen molar-refractivity contribution in [3.63, 3.8) is 0 Å². The van der Waals surface area contributed by atoms with Gasteiger partial charge in [0.2, 0.25) is 5.91 Å². The number of alkyl halides is 5. The SMILES string of the molecule is O=C(C1CCCN(Cc2ccc(C(F)(F)F)cc2)C1)N1CCC(F)(F)CC1. The number of carbonyl (C=O) groups is 1. The monoisotopic (exact) mass is 390 g/mol. The van der Waals surface area contributed by atoms with Gasteiger partial charge in [-0.25, -0.2) is 8.78 Å². The van der Waals surface area contributed by atoms with Crippen molar-refractivity contribution >= 4 is 5.91 Å². The first-order chi connectivity index (χ1) is 12.6. The quantitative estimate of drug-likeness (QED) is 0.723. The summed E-state index contributed by atoms with van der Waals surface area (Å²) < 4.78 is 64.5. The van der Waals surface area contributed by atoms with Gasteiger partial charge < -0.3 is 4.90 Å². The Hall–Kier alpha value is -1.70. The van der Waals surface area contributed by atoms with Crippen molar-refractivity contribution in [2.75, 3.05) is 26.2 Å². The molecule has 2 fully saturated rings. The molecule has 1 amide bonds. The van der Waals surface area contributed by atoms with Crippen molar-refractivity contribution in [3.8, 4) is 0 Å². The van der Waals surface area contributed by atoms with Gasteiger partial charge >= 0.3 is 6.18 Å². The number of benzene rings is 1. The molecule has 0 aromatic heterocycles. The highest BCUT2D eigenvalue weighted by atomic mass is 19.4. The van der Waals surface area contributed by atoms with Crippen LogP contribution < -0.4 is 0 Å². The van der Waals surface area contributed by atoms with Crippen LogP contribution in [-0.4, -0.2) is 47.8 Å². The minimum Gasteiger partial charge on any atom is -0.342 e. The van der Waals surface area contributed by atoms with Gasteiger partial charge in [-0.05, 0) is 37.1 Å². The van der Waals surface area contributed by atoms with E-state index in [2.05, 4.69) is 0 Å². The fourth-order valence-corrected chi connectivity index (χ4v) is 3.77. The molecule has 0 bridgehead atoms. The van der Waals surface area contributed by atoms with Crippen molar-refractivity contribution < 1.29 is 26.7 Å². The molecule has 0 saturated carbocycles. The largest absolute Gasteiger partial charge is 0.416 e. The van der Waals surface area contributed by atoms with Crippen molar-refractivity contribution in [1.29, 1.82) is 0 Å². The van der Waals surface area contributed by atoms with Crippen molar-refractivity contribution in [2.24, 2.45) is 5.92 Å². The summed E-state index contributed by atoms with van der Waals surface area (Å²) in [5, 5.41) is 0. The highest BCUT2D eigenvalue weighted by Crippen LogP contribution is 2.31. The molecule has 8 heteroatoms. The van der Waals surface area contributed by atoms with Gasteiger partial charge in [0, 0.05) is 39.0 Å². The average molecular weight is 390 g/mol. The first-order valence-electron chi connectivity index (χ1n) is 9.19. The second kappa shape index (κ2) is 7.73. The zero-order chi connectivity index (χ0) is 19.7. The molecule has 0 aliphatic carbocycles. The molecule has 1 atom stereocenters. The fraction of sp³-hybridized carbons (Fsp3) is 0.632. The summed E-state index contributed by atoms with van der Waals surface area (Å²) in [4.78, 5) is 16.2. The van der Waals surface area contributed by atoms with Gasteiger partial charge in [0.1, 0.15) is 0 Å². The third-order valence-corrected chi connectivity index (χ3v) is 5.35. The van der Waals surface area contributed by atoms with E-state index in [1.54, 1.807) is 0 Å². The Bertz CT molecular complexity index is 649. The second-order valence-electron chi connectivity index (χ2n) is 7.45. The lowest BCUT2D eigenvalue weighted by Gasteiger charge is -2.37. The summed E-state index contributed by atoms with van der Waals surface area (Å²) in [7, 11) is 0. The number of carbonyl (C=O) groups excluding carboxylic acids is 1. The van der Waals surface area contributed by atoms with Gasteiger partial charge in [0.15, 0.2) is 0 Å². The number of rotatable bonds is 3. The van der Waals surface area contributed by atoms with E-state index in [-0.39, 0.29) is 37.8 Å². The highest BCUT2D eigenvalue weighted by Gasteiger charge is 2.38. The van der Waals surface area contributed by atoms with Gasteiger partial charge in [0.05, 0.1) is 11.5 Å². The van der Waals surface area contributed by atoms with Crippen LogP contribution in [0, 0.1) is 5.92 Å². The molecule has 2 heterocycles. The molecule has 3 nitrogen and oxygen atoms in total. The van der Waals surface area contributed by atoms with Crippen molar-refractivity contribution in [1.82, 2.24) is 9.80 Å². The van der Waals surface area contributed by atoms with Gasteiger partial charge in [-0.3, -0.25) is 9.69 Å². The third kappa shape index (κ3) is 5.18. The zero-order valence-electron chi connectivity index (χ0n) is 14.9. The maximum atomic E-state index is 13.3. The van der Waals surface area contributed by atoms with Crippen LogP contribution >= 0.6 is 0 Å². The fourth-order valence-electron chi connectivity index (χ4n) is 3.77. The predicted molar refractivity (Wildman–Crippen MR) is 90.2 cm³/mol. The summed E-state index contributed by atoms with van der Waals surface area (Å²) in [5.74, 6) is -3.00. The van der Waals surface area contributed by atoms with E-state index in [9.17, 15) is 26.7 Å². The maximum absolute atomic E-state index is 13.3. The van der Waals surface area contributed by atoms with Crippen LogP contribution in [0.15, 0.2) is 24.3 Å². The number of likely N-dealkylation sites (tertiary alicyclic amines) is 2. The number of halogens is 5. The van der Waals surface area contributed by atoms with E-state index in [0.717, 1.165) is 37.1 Å². The zero-order valence-corrected chi connectivity index (χ0v) is 14.9. The number of amides is 1. The van der Waals surface area contributed by atoms with E-state index in [4.69, 9.17) is 0 Å². The number of piperidine rings is 2. The molecule has 0 spiro atoms. The molecule has 2 saturated heterocycles. The Labute approximate surface area is 155 Å². The average Bonchev–Trinajstić information content (AvgIpc) is 2.61. The van der Waals surface area contributed by atoms with Crippen LogP contribution in [0.3, 0.4) is 0 Å². The predicted octanol–water partition coefficient (Wildman–Crippen LogP) is 4.18. The molecule has 0 N–H and O–H groups in total. The summed E-state index contributed by atoms with van der Waals surface area (Å²) in [6.07, 6.45) is -3.41. The second-order valence-corrected chi connectivity index (χ2v) is 7.45. The van der Waals surface area contributed by atoms with Gasteiger partial charge in [0.25, 0.3) is 5.92 Å². The molecule has 1 aromatic carbocycles. The van der Waals surface area contributed by atoms with Gasteiger partial charge in [-0.1, -0.05) is 12.1 Å². The van der Waals surface area contributed by atoms with Crippen molar-refractivity contribution in [3.05, 3.63) is 35.4 Å². The lowest BCUT2D eigenvalue weighted by molar-refractivity contribution is -0.143. The third-order valence-electron chi connectivity index (χ3n) is 5.35. The normalized spacial score (nSPS) is 24.0. The van der Waals surface area contributed by atoms with Crippen LogP contribution in [0.25, 0.3) is 0 Å². The number of hydrogen-bond acceptors (Lipinski definition) is 2. The number of nitrogens with zero attached hydrogens (tertiary/aromatic N) is 2. The Morgan fingerprint density at radius 3 is 2.30 bits per heavy atom.